The van der Waals surface area contributed by atoms with Crippen LogP contribution >= 0.6 is 0 Å². The summed E-state index contributed by atoms with van der Waals surface area (Å²) in [6.45, 7) is 7.78. The fourth-order valence-corrected chi connectivity index (χ4v) is 6.68. The number of aromatic nitrogens is 1. The number of ether oxygens (including phenoxy) is 1. The van der Waals surface area contributed by atoms with E-state index in [1.165, 1.54) is 11.0 Å². The lowest BCUT2D eigenvalue weighted by atomic mass is 9.85. The van der Waals surface area contributed by atoms with Crippen LogP contribution in [0.5, 0.6) is 5.75 Å². The second-order valence-electron chi connectivity index (χ2n) is 11.9. The molecule has 3 N–H and O–H groups in total. The van der Waals surface area contributed by atoms with Crippen LogP contribution in [0.3, 0.4) is 0 Å². The van der Waals surface area contributed by atoms with E-state index in [2.05, 4.69) is 15.6 Å². The molecule has 8 nitrogen and oxygen atoms in total. The third kappa shape index (κ3) is 5.15. The van der Waals surface area contributed by atoms with Crippen molar-refractivity contribution in [1.29, 1.82) is 5.41 Å². The maximum Gasteiger partial charge on any atom is 0.425 e. The van der Waals surface area contributed by atoms with Crippen molar-refractivity contribution in [3.05, 3.63) is 59.9 Å². The number of nitrogens with one attached hydrogen (secondary N) is 3. The lowest BCUT2D eigenvalue weighted by molar-refractivity contribution is -0.201. The molecule has 11 heteroatoms. The van der Waals surface area contributed by atoms with E-state index in [4.69, 9.17) is 10.1 Å². The van der Waals surface area contributed by atoms with E-state index in [0.717, 1.165) is 0 Å². The summed E-state index contributed by atoms with van der Waals surface area (Å²) in [6.07, 6.45) is -2.25. The number of rotatable bonds is 7. The smallest absolute Gasteiger partial charge is 0.425 e. The number of benzene rings is 1. The van der Waals surface area contributed by atoms with E-state index in [-0.39, 0.29) is 24.0 Å². The maximum absolute atomic E-state index is 13.8. The predicted molar refractivity (Wildman–Crippen MR) is 146 cm³/mol. The van der Waals surface area contributed by atoms with Gasteiger partial charge in [0.25, 0.3) is 0 Å². The summed E-state index contributed by atoms with van der Waals surface area (Å²) < 4.78 is 46.2. The molecule has 5 rings (SSSR count). The van der Waals surface area contributed by atoms with Gasteiger partial charge < -0.3 is 15.4 Å². The number of hydrogen-bond donors (Lipinski definition) is 3. The third-order valence-electron chi connectivity index (χ3n) is 9.27. The summed E-state index contributed by atoms with van der Waals surface area (Å²) >= 11 is 0. The van der Waals surface area contributed by atoms with Crippen LogP contribution in [0, 0.1) is 22.7 Å². The van der Waals surface area contributed by atoms with Gasteiger partial charge in [-0.05, 0) is 36.0 Å². The molecule has 2 fully saturated rings. The normalized spacial score (nSPS) is 27.2. The topological polar surface area (TPSA) is 107 Å². The van der Waals surface area contributed by atoms with Gasteiger partial charge in [0, 0.05) is 41.8 Å². The Morgan fingerprint density at radius 1 is 1.22 bits per heavy atom. The number of nitrogens with zero attached hydrogens (tertiary/aromatic N) is 2. The standard InChI is InChI=1S/C30H36F3N5O3/c1-5-29(6-2)15-22(39)38(27(34)37-29)25(17-10-9-13-35-16-17)23-24(28(23,3)4)26(40)36-19-14-21(30(31,32)33)41-20-12-8-7-11-18(19)20/h7-13,16,19,21,23-25H,5-6,14-15H2,1-4H3,(H2,34,37)(H,36,40)/t19-,21-,23?,24?,25?/m0/s1. The minimum absolute atomic E-state index is 0.0213. The second kappa shape index (κ2) is 10.3. The molecule has 3 unspecified atom stereocenters. The average Bonchev–Trinajstić information content (AvgIpc) is 3.51. The van der Waals surface area contributed by atoms with E-state index in [1.54, 1.807) is 36.7 Å². The van der Waals surface area contributed by atoms with Crippen molar-refractivity contribution in [2.45, 2.75) is 83.3 Å². The van der Waals surface area contributed by atoms with Crippen LogP contribution in [-0.2, 0) is 9.59 Å². The van der Waals surface area contributed by atoms with Gasteiger partial charge >= 0.3 is 6.18 Å². The molecule has 2 amide bonds. The Morgan fingerprint density at radius 2 is 1.93 bits per heavy atom. The highest BCUT2D eigenvalue weighted by Crippen LogP contribution is 2.65. The van der Waals surface area contributed by atoms with Gasteiger partial charge in [-0.1, -0.05) is 52.0 Å². The number of alkyl halides is 3. The van der Waals surface area contributed by atoms with Gasteiger partial charge in [0.05, 0.1) is 18.5 Å². The SMILES string of the molecule is CCC1(CC)CC(=O)N(C(c2cccnc2)C2C(C(=O)N[C@H]3C[C@@H](C(F)(F)F)Oc4ccccc43)C2(C)C)C(=N)N1. The zero-order valence-corrected chi connectivity index (χ0v) is 23.6. The first-order valence-electron chi connectivity index (χ1n) is 14.0. The van der Waals surface area contributed by atoms with Crippen LogP contribution in [0.15, 0.2) is 48.8 Å². The largest absolute Gasteiger partial charge is 0.480 e. The van der Waals surface area contributed by atoms with Crippen LogP contribution in [0.1, 0.15) is 76.6 Å². The molecule has 1 saturated heterocycles. The first-order valence-corrected chi connectivity index (χ1v) is 14.0. The molecular formula is C30H36F3N5O3. The highest BCUT2D eigenvalue weighted by molar-refractivity contribution is 6.00. The summed E-state index contributed by atoms with van der Waals surface area (Å²) in [6, 6.07) is 8.46. The molecule has 0 radical (unpaired) electrons. The zero-order valence-electron chi connectivity index (χ0n) is 23.6. The second-order valence-corrected chi connectivity index (χ2v) is 11.9. The summed E-state index contributed by atoms with van der Waals surface area (Å²) in [4.78, 5) is 33.2. The summed E-state index contributed by atoms with van der Waals surface area (Å²) in [5.74, 6) is -1.54. The van der Waals surface area contributed by atoms with Gasteiger partial charge in [-0.2, -0.15) is 13.2 Å². The highest BCUT2D eigenvalue weighted by atomic mass is 19.4. The number of carbonyl (C=O) groups excluding carboxylic acids is 2. The Hall–Kier alpha value is -3.63. The van der Waals surface area contributed by atoms with Gasteiger partial charge in [0.1, 0.15) is 5.75 Å². The number of para-hydroxylation sites is 1. The fraction of sp³-hybridized carbons (Fsp3) is 0.533. The third-order valence-corrected chi connectivity index (χ3v) is 9.27. The molecule has 5 atom stereocenters. The van der Waals surface area contributed by atoms with Crippen molar-refractivity contribution in [2.75, 3.05) is 0 Å². The minimum Gasteiger partial charge on any atom is -0.480 e. The maximum atomic E-state index is 13.8. The van der Waals surface area contributed by atoms with Crippen molar-refractivity contribution >= 4 is 17.8 Å². The number of guanidine groups is 1. The molecule has 0 spiro atoms. The molecule has 1 aromatic heterocycles. The quantitative estimate of drug-likeness (QED) is 0.419. The lowest BCUT2D eigenvalue weighted by Gasteiger charge is -2.45. The Morgan fingerprint density at radius 3 is 2.54 bits per heavy atom. The summed E-state index contributed by atoms with van der Waals surface area (Å²) in [7, 11) is 0. The molecule has 1 aliphatic carbocycles. The van der Waals surface area contributed by atoms with Crippen LogP contribution in [0.4, 0.5) is 13.2 Å². The van der Waals surface area contributed by atoms with Crippen molar-refractivity contribution in [1.82, 2.24) is 20.5 Å². The molecule has 3 aliphatic rings. The Bertz CT molecular complexity index is 1310. The number of fused-ring (bicyclic) bond motifs is 1. The Kier molecular flexibility index (Phi) is 7.28. The van der Waals surface area contributed by atoms with Crippen molar-refractivity contribution < 1.29 is 27.5 Å². The summed E-state index contributed by atoms with van der Waals surface area (Å²) in [5.41, 5.74) is 0.0667. The monoisotopic (exact) mass is 571 g/mol. The molecule has 2 aromatic rings. The lowest BCUT2D eigenvalue weighted by Crippen LogP contribution is -2.62. The van der Waals surface area contributed by atoms with Gasteiger partial charge in [-0.3, -0.25) is 24.9 Å². The fourth-order valence-electron chi connectivity index (χ4n) is 6.68. The number of hydrogen-bond acceptors (Lipinski definition) is 5. The molecule has 220 valence electrons. The highest BCUT2D eigenvalue weighted by Gasteiger charge is 2.67. The number of carbonyl (C=O) groups is 2. The number of pyridine rings is 1. The molecule has 0 bridgehead atoms. The molecule has 2 aliphatic heterocycles. The van der Waals surface area contributed by atoms with Gasteiger partial charge in [-0.25, -0.2) is 0 Å². The van der Waals surface area contributed by atoms with Crippen LogP contribution in [0.25, 0.3) is 0 Å². The summed E-state index contributed by atoms with van der Waals surface area (Å²) in [5, 5.41) is 15.0. The van der Waals surface area contributed by atoms with E-state index in [1.807, 2.05) is 33.8 Å². The van der Waals surface area contributed by atoms with E-state index >= 15 is 0 Å². The average molecular weight is 572 g/mol. The Balaban J connectivity index is 1.44. The van der Waals surface area contributed by atoms with E-state index in [0.29, 0.717) is 24.0 Å². The van der Waals surface area contributed by atoms with Gasteiger partial charge in [0.2, 0.25) is 11.8 Å². The Labute approximate surface area is 237 Å². The van der Waals surface area contributed by atoms with Crippen LogP contribution in [0.2, 0.25) is 0 Å². The van der Waals surface area contributed by atoms with E-state index < -0.39 is 59.5 Å². The van der Waals surface area contributed by atoms with Crippen molar-refractivity contribution in [2.24, 2.45) is 17.3 Å². The predicted octanol–water partition coefficient (Wildman–Crippen LogP) is 5.28. The van der Waals surface area contributed by atoms with Gasteiger partial charge in [0.15, 0.2) is 12.1 Å². The molecule has 41 heavy (non-hydrogen) atoms. The van der Waals surface area contributed by atoms with Gasteiger partial charge in [-0.15, -0.1) is 0 Å². The number of amides is 2. The molecule has 3 heterocycles. The van der Waals surface area contributed by atoms with Crippen LogP contribution in [-0.4, -0.2) is 45.5 Å². The number of halogens is 3. The van der Waals surface area contributed by atoms with Crippen molar-refractivity contribution in [3.63, 3.8) is 0 Å². The molecule has 1 aromatic carbocycles. The van der Waals surface area contributed by atoms with E-state index in [9.17, 15) is 22.8 Å². The minimum atomic E-state index is -4.59. The first-order chi connectivity index (χ1) is 19.3. The molecule has 1 saturated carbocycles. The van der Waals surface area contributed by atoms with Crippen molar-refractivity contribution in [3.8, 4) is 5.75 Å². The zero-order chi connectivity index (χ0) is 29.7. The van der Waals surface area contributed by atoms with Crippen LogP contribution < -0.4 is 15.4 Å². The first kappa shape index (κ1) is 28.9. The molecular weight excluding hydrogens is 535 g/mol.